The third-order valence-electron chi connectivity index (χ3n) is 4.66. The van der Waals surface area contributed by atoms with Gasteiger partial charge in [0.2, 0.25) is 0 Å². The van der Waals surface area contributed by atoms with E-state index in [0.29, 0.717) is 31.5 Å². The molecule has 1 fully saturated rings. The summed E-state index contributed by atoms with van der Waals surface area (Å²) in [6.07, 6.45) is 10.1. The van der Waals surface area contributed by atoms with E-state index in [1.54, 1.807) is 12.3 Å². The van der Waals surface area contributed by atoms with Crippen molar-refractivity contribution in [3.63, 3.8) is 0 Å². The number of H-pyrrole nitrogens is 1. The van der Waals surface area contributed by atoms with Crippen molar-refractivity contribution in [3.05, 3.63) is 64.7 Å². The van der Waals surface area contributed by atoms with Crippen LogP contribution >= 0.6 is 11.3 Å². The molecule has 1 saturated heterocycles. The number of aromatic amines is 1. The van der Waals surface area contributed by atoms with Crippen molar-refractivity contribution in [1.29, 1.82) is 0 Å². The van der Waals surface area contributed by atoms with Gasteiger partial charge in [-0.15, -0.1) is 11.3 Å². The van der Waals surface area contributed by atoms with Gasteiger partial charge in [0.25, 0.3) is 5.91 Å². The molecule has 25 heavy (non-hydrogen) atoms. The second-order valence-corrected chi connectivity index (χ2v) is 7.13. The number of rotatable bonds is 3. The van der Waals surface area contributed by atoms with E-state index >= 15 is 0 Å². The molecule has 0 aromatic carbocycles. The Morgan fingerprint density at radius 3 is 2.92 bits per heavy atom. The molecule has 0 radical (unpaired) electrons. The van der Waals surface area contributed by atoms with E-state index in [0.717, 1.165) is 16.0 Å². The average Bonchev–Trinajstić information content (AvgIpc) is 3.34. The molecule has 0 saturated carbocycles. The largest absolute Gasteiger partial charge is 0.384 e. The summed E-state index contributed by atoms with van der Waals surface area (Å²) < 4.78 is 0. The fourth-order valence-corrected chi connectivity index (χ4v) is 4.01. The van der Waals surface area contributed by atoms with Gasteiger partial charge >= 0.3 is 0 Å². The fraction of sp³-hybridized carbons (Fsp3) is 0.263. The van der Waals surface area contributed by atoms with E-state index in [1.807, 2.05) is 34.7 Å². The first-order chi connectivity index (χ1) is 12.2. The molecule has 5 nitrogen and oxygen atoms in total. The summed E-state index contributed by atoms with van der Waals surface area (Å²) in [6.45, 7) is 1.05. The first-order valence-electron chi connectivity index (χ1n) is 8.14. The maximum absolute atomic E-state index is 12.7. The van der Waals surface area contributed by atoms with Gasteiger partial charge in [0, 0.05) is 40.7 Å². The van der Waals surface area contributed by atoms with Crippen LogP contribution in [0.1, 0.15) is 23.2 Å². The lowest BCUT2D eigenvalue weighted by atomic mass is 9.83. The van der Waals surface area contributed by atoms with Gasteiger partial charge in [-0.3, -0.25) is 9.89 Å². The van der Waals surface area contributed by atoms with Crippen LogP contribution in [0.25, 0.3) is 10.4 Å². The second kappa shape index (κ2) is 6.36. The Hall–Kier alpha value is -2.62. The number of carbonyl (C=O) groups is 1. The zero-order valence-electron chi connectivity index (χ0n) is 13.5. The van der Waals surface area contributed by atoms with E-state index in [-0.39, 0.29) is 5.91 Å². The highest BCUT2D eigenvalue weighted by Crippen LogP contribution is 2.32. The van der Waals surface area contributed by atoms with Crippen LogP contribution in [-0.2, 0) is 0 Å². The van der Waals surface area contributed by atoms with Crippen LogP contribution in [0, 0.1) is 0 Å². The van der Waals surface area contributed by atoms with Crippen LogP contribution in [0.3, 0.4) is 0 Å². The highest BCUT2D eigenvalue weighted by molar-refractivity contribution is 7.13. The predicted octanol–water partition coefficient (Wildman–Crippen LogP) is 2.91. The number of aromatic nitrogens is 2. The highest BCUT2D eigenvalue weighted by atomic mass is 32.1. The molecule has 1 amide bonds. The Labute approximate surface area is 149 Å². The van der Waals surface area contributed by atoms with Gasteiger partial charge in [-0.05, 0) is 31.1 Å². The first kappa shape index (κ1) is 15.9. The lowest BCUT2D eigenvalue weighted by Crippen LogP contribution is -2.47. The average molecular weight is 351 g/mol. The number of thiophene rings is 1. The van der Waals surface area contributed by atoms with Crippen molar-refractivity contribution < 1.29 is 9.90 Å². The van der Waals surface area contributed by atoms with Gasteiger partial charge in [-0.1, -0.05) is 17.5 Å². The second-order valence-electron chi connectivity index (χ2n) is 6.22. The number of aliphatic hydroxyl groups is 1. The molecule has 2 aromatic heterocycles. The molecule has 2 aromatic rings. The summed E-state index contributed by atoms with van der Waals surface area (Å²) in [6, 6.07) is 1.90. The smallest absolute Gasteiger partial charge is 0.254 e. The maximum atomic E-state index is 12.7. The molecule has 126 valence electrons. The van der Waals surface area contributed by atoms with Crippen LogP contribution in [0.5, 0.6) is 0 Å². The molecular weight excluding hydrogens is 334 g/mol. The lowest BCUT2D eigenvalue weighted by Gasteiger charge is -2.38. The number of hydrogen-bond donors (Lipinski definition) is 2. The lowest BCUT2D eigenvalue weighted by molar-refractivity contribution is 0.0132. The Bertz CT molecular complexity index is 918. The number of amides is 1. The molecule has 4 rings (SSSR count). The molecule has 0 spiro atoms. The normalized spacial score (nSPS) is 18.4. The number of likely N-dealkylation sites (tertiary alicyclic amines) is 1. The summed E-state index contributed by atoms with van der Waals surface area (Å²) in [4.78, 5) is 15.6. The summed E-state index contributed by atoms with van der Waals surface area (Å²) in [5.41, 5.74) is 7.37. The first-order valence-corrected chi connectivity index (χ1v) is 9.02. The minimum Gasteiger partial charge on any atom is -0.384 e. The number of allylic oxidation sites excluding steroid dienone is 2. The number of piperidine rings is 1. The van der Waals surface area contributed by atoms with Crippen LogP contribution in [0.15, 0.2) is 59.1 Å². The summed E-state index contributed by atoms with van der Waals surface area (Å²) >= 11 is 1.53. The SMILES string of the molecule is O=C(c1csc(-c2cn[nH]c2)c1)N1CCC(O)(C2=C=C=CC=C2)CC1. The van der Waals surface area contributed by atoms with Crippen LogP contribution < -0.4 is 0 Å². The molecule has 2 aliphatic rings. The third kappa shape index (κ3) is 3.04. The van der Waals surface area contributed by atoms with Gasteiger partial charge in [0.15, 0.2) is 0 Å². The van der Waals surface area contributed by atoms with E-state index in [4.69, 9.17) is 0 Å². The third-order valence-corrected chi connectivity index (χ3v) is 5.64. The molecular formula is C19H17N3O2S. The van der Waals surface area contributed by atoms with Crippen molar-refractivity contribution in [3.8, 4) is 10.4 Å². The minimum atomic E-state index is -0.925. The maximum Gasteiger partial charge on any atom is 0.254 e. The van der Waals surface area contributed by atoms with Gasteiger partial charge in [-0.2, -0.15) is 5.10 Å². The standard InChI is InChI=1S/C19H17N3O2S/c23-18(14-10-17(25-13-14)15-11-20-21-12-15)22-8-6-19(24,7-9-22)16-4-2-1-3-5-16/h1-2,4,10-13,24H,6-9H2,(H,20,21). The zero-order valence-corrected chi connectivity index (χ0v) is 14.3. The molecule has 3 heterocycles. The number of hydrogen-bond acceptors (Lipinski definition) is 4. The van der Waals surface area contributed by atoms with Crippen molar-refractivity contribution in [2.45, 2.75) is 18.4 Å². The highest BCUT2D eigenvalue weighted by Gasteiger charge is 2.36. The molecule has 1 aliphatic heterocycles. The summed E-state index contributed by atoms with van der Waals surface area (Å²) in [7, 11) is 0. The Morgan fingerprint density at radius 2 is 2.24 bits per heavy atom. The Balaban J connectivity index is 1.46. The topological polar surface area (TPSA) is 69.2 Å². The van der Waals surface area contributed by atoms with Gasteiger partial charge in [-0.25, -0.2) is 0 Å². The van der Waals surface area contributed by atoms with Crippen molar-refractivity contribution in [2.24, 2.45) is 0 Å². The Morgan fingerprint density at radius 1 is 1.40 bits per heavy atom. The molecule has 1 aliphatic carbocycles. The van der Waals surface area contributed by atoms with Crippen molar-refractivity contribution in [2.75, 3.05) is 13.1 Å². The summed E-state index contributed by atoms with van der Waals surface area (Å²) in [5.74, 6) is 0.0108. The van der Waals surface area contributed by atoms with Gasteiger partial charge in [0.05, 0.1) is 11.8 Å². The fourth-order valence-electron chi connectivity index (χ4n) is 3.14. The van der Waals surface area contributed by atoms with Crippen LogP contribution in [0.2, 0.25) is 0 Å². The van der Waals surface area contributed by atoms with Crippen LogP contribution in [-0.4, -0.2) is 44.8 Å². The number of nitrogens with zero attached hydrogens (tertiary/aromatic N) is 2. The Kier molecular flexibility index (Phi) is 4.04. The predicted molar refractivity (Wildman–Crippen MR) is 96.2 cm³/mol. The van der Waals surface area contributed by atoms with E-state index in [1.165, 1.54) is 11.3 Å². The molecule has 2 N–H and O–H groups in total. The molecule has 0 atom stereocenters. The van der Waals surface area contributed by atoms with Crippen molar-refractivity contribution >= 4 is 17.2 Å². The number of nitrogens with one attached hydrogen (secondary N) is 1. The van der Waals surface area contributed by atoms with Crippen molar-refractivity contribution in [1.82, 2.24) is 15.1 Å². The summed E-state index contributed by atoms with van der Waals surface area (Å²) in [5, 5.41) is 19.4. The van der Waals surface area contributed by atoms with E-state index in [9.17, 15) is 9.90 Å². The quantitative estimate of drug-likeness (QED) is 0.836. The van der Waals surface area contributed by atoms with E-state index in [2.05, 4.69) is 21.7 Å². The molecule has 0 unspecified atom stereocenters. The number of carbonyl (C=O) groups excluding carboxylic acids is 1. The van der Waals surface area contributed by atoms with Gasteiger partial charge in [0.1, 0.15) is 5.60 Å². The van der Waals surface area contributed by atoms with E-state index < -0.39 is 5.60 Å². The monoisotopic (exact) mass is 351 g/mol. The molecule has 6 heteroatoms. The molecule has 0 bridgehead atoms. The van der Waals surface area contributed by atoms with Crippen LogP contribution in [0.4, 0.5) is 0 Å². The zero-order chi connectivity index (χ0) is 17.3. The van der Waals surface area contributed by atoms with Gasteiger partial charge < -0.3 is 10.0 Å². The minimum absolute atomic E-state index is 0.0108.